The molecule has 1 saturated heterocycles. The van der Waals surface area contributed by atoms with E-state index < -0.39 is 0 Å². The number of hydrogen-bond donors (Lipinski definition) is 0. The second-order valence-electron chi connectivity index (χ2n) is 5.61. The van der Waals surface area contributed by atoms with Gasteiger partial charge in [0.2, 0.25) is 0 Å². The van der Waals surface area contributed by atoms with Gasteiger partial charge in [0.15, 0.2) is 0 Å². The summed E-state index contributed by atoms with van der Waals surface area (Å²) in [5.74, 6) is 0.952. The van der Waals surface area contributed by atoms with E-state index in [0.29, 0.717) is 0 Å². The summed E-state index contributed by atoms with van der Waals surface area (Å²) in [5.41, 5.74) is 1.27. The summed E-state index contributed by atoms with van der Waals surface area (Å²) < 4.78 is 1.06. The highest BCUT2D eigenvalue weighted by atomic mass is 79.9. The molecule has 1 saturated carbocycles. The van der Waals surface area contributed by atoms with E-state index in [4.69, 9.17) is 11.6 Å². The number of benzene rings is 1. The fourth-order valence-corrected chi connectivity index (χ4v) is 4.30. The van der Waals surface area contributed by atoms with E-state index in [2.05, 4.69) is 33.0 Å². The first-order chi connectivity index (χ1) is 8.74. The van der Waals surface area contributed by atoms with Gasteiger partial charge in [-0.1, -0.05) is 46.4 Å². The average Bonchev–Trinajstić information content (AvgIpc) is 2.76. The molecule has 1 aliphatic heterocycles. The van der Waals surface area contributed by atoms with Crippen LogP contribution in [0.2, 0.25) is 5.02 Å². The minimum Gasteiger partial charge on any atom is -0.296 e. The zero-order valence-corrected chi connectivity index (χ0v) is 12.9. The molecular weight excluding hydrogens is 310 g/mol. The van der Waals surface area contributed by atoms with Gasteiger partial charge in [0, 0.05) is 22.1 Å². The molecule has 1 nitrogen and oxygen atoms in total. The van der Waals surface area contributed by atoms with Crippen LogP contribution in [0.25, 0.3) is 0 Å². The minimum absolute atomic E-state index is 0.818. The zero-order chi connectivity index (χ0) is 12.5. The maximum absolute atomic E-state index is 6.33. The molecule has 1 aromatic rings. The van der Waals surface area contributed by atoms with Crippen LogP contribution in [0.3, 0.4) is 0 Å². The first-order valence-corrected chi connectivity index (χ1v) is 8.09. The van der Waals surface area contributed by atoms with Crippen LogP contribution in [-0.2, 0) is 6.54 Å². The Bertz CT molecular complexity index is 435. The summed E-state index contributed by atoms with van der Waals surface area (Å²) >= 11 is 9.79. The van der Waals surface area contributed by atoms with E-state index in [-0.39, 0.29) is 0 Å². The maximum Gasteiger partial charge on any atom is 0.0462 e. The van der Waals surface area contributed by atoms with Crippen LogP contribution in [-0.4, -0.2) is 17.5 Å². The van der Waals surface area contributed by atoms with Crippen LogP contribution in [0.5, 0.6) is 0 Å². The Balaban J connectivity index is 1.72. The molecule has 2 aliphatic rings. The molecule has 98 valence electrons. The molecule has 1 aromatic carbocycles. The monoisotopic (exact) mass is 327 g/mol. The Kier molecular flexibility index (Phi) is 3.97. The third kappa shape index (κ3) is 2.61. The summed E-state index contributed by atoms with van der Waals surface area (Å²) in [4.78, 5) is 2.65. The fourth-order valence-electron chi connectivity index (χ4n) is 3.57. The number of likely N-dealkylation sites (tertiary alicyclic amines) is 1. The quantitative estimate of drug-likeness (QED) is 0.749. The number of halogens is 2. The minimum atomic E-state index is 0.818. The molecule has 2 unspecified atom stereocenters. The van der Waals surface area contributed by atoms with Gasteiger partial charge < -0.3 is 0 Å². The van der Waals surface area contributed by atoms with Crippen molar-refractivity contribution in [3.8, 4) is 0 Å². The van der Waals surface area contributed by atoms with E-state index in [1.165, 1.54) is 44.2 Å². The molecule has 2 fully saturated rings. The van der Waals surface area contributed by atoms with Gasteiger partial charge >= 0.3 is 0 Å². The summed E-state index contributed by atoms with van der Waals surface area (Å²) in [6.45, 7) is 2.27. The van der Waals surface area contributed by atoms with Crippen molar-refractivity contribution >= 4 is 27.5 Å². The van der Waals surface area contributed by atoms with Crippen LogP contribution in [0.1, 0.15) is 37.7 Å². The zero-order valence-electron chi connectivity index (χ0n) is 10.5. The molecule has 0 amide bonds. The Morgan fingerprint density at radius 3 is 2.89 bits per heavy atom. The normalized spacial score (nSPS) is 28.3. The van der Waals surface area contributed by atoms with Crippen LogP contribution in [0, 0.1) is 5.92 Å². The predicted octanol–water partition coefficient (Wildman–Crippen LogP) is 4.87. The highest BCUT2D eigenvalue weighted by Gasteiger charge is 2.35. The maximum atomic E-state index is 6.33. The number of rotatable bonds is 2. The largest absolute Gasteiger partial charge is 0.296 e. The second-order valence-corrected chi connectivity index (χ2v) is 6.93. The van der Waals surface area contributed by atoms with Crippen molar-refractivity contribution in [1.82, 2.24) is 4.90 Å². The molecule has 1 aliphatic carbocycles. The molecule has 0 spiro atoms. The summed E-state index contributed by atoms with van der Waals surface area (Å²) in [6, 6.07) is 7.07. The Morgan fingerprint density at radius 1 is 1.22 bits per heavy atom. The van der Waals surface area contributed by atoms with E-state index in [0.717, 1.165) is 28.0 Å². The van der Waals surface area contributed by atoms with Crippen molar-refractivity contribution in [3.63, 3.8) is 0 Å². The first kappa shape index (κ1) is 13.0. The third-order valence-electron chi connectivity index (χ3n) is 4.51. The summed E-state index contributed by atoms with van der Waals surface area (Å²) in [5, 5.41) is 0.892. The van der Waals surface area contributed by atoms with E-state index in [1.54, 1.807) is 0 Å². The van der Waals surface area contributed by atoms with Crippen LogP contribution >= 0.6 is 27.5 Å². The molecule has 2 atom stereocenters. The molecule has 0 radical (unpaired) electrons. The van der Waals surface area contributed by atoms with Crippen molar-refractivity contribution in [2.24, 2.45) is 5.92 Å². The fraction of sp³-hybridized carbons (Fsp3) is 0.600. The summed E-state index contributed by atoms with van der Waals surface area (Å²) in [6.07, 6.45) is 7.06. The van der Waals surface area contributed by atoms with Gasteiger partial charge in [-0.15, -0.1) is 0 Å². The third-order valence-corrected chi connectivity index (χ3v) is 5.36. The van der Waals surface area contributed by atoms with E-state index in [1.807, 2.05) is 6.07 Å². The topological polar surface area (TPSA) is 3.24 Å². The lowest BCUT2D eigenvalue weighted by atomic mass is 9.85. The Labute approximate surface area is 123 Å². The second kappa shape index (κ2) is 5.52. The van der Waals surface area contributed by atoms with Gasteiger partial charge in [-0.3, -0.25) is 4.90 Å². The average molecular weight is 329 g/mol. The Morgan fingerprint density at radius 2 is 2.06 bits per heavy atom. The lowest BCUT2D eigenvalue weighted by Gasteiger charge is -2.31. The molecule has 3 heteroatoms. The number of nitrogens with zero attached hydrogens (tertiary/aromatic N) is 1. The van der Waals surface area contributed by atoms with Crippen molar-refractivity contribution in [3.05, 3.63) is 33.3 Å². The standard InChI is InChI=1S/C15H19BrClN/c16-13-6-5-12(14(17)9-13)10-18-8-7-11-3-1-2-4-15(11)18/h5-6,9,11,15H,1-4,7-8,10H2. The van der Waals surface area contributed by atoms with Gasteiger partial charge in [0.1, 0.15) is 0 Å². The molecule has 3 rings (SSSR count). The van der Waals surface area contributed by atoms with Crippen molar-refractivity contribution < 1.29 is 0 Å². The molecule has 18 heavy (non-hydrogen) atoms. The van der Waals surface area contributed by atoms with E-state index >= 15 is 0 Å². The molecule has 1 heterocycles. The van der Waals surface area contributed by atoms with Crippen molar-refractivity contribution in [1.29, 1.82) is 0 Å². The molecule has 0 aromatic heterocycles. The van der Waals surface area contributed by atoms with Crippen LogP contribution in [0.4, 0.5) is 0 Å². The Hall–Kier alpha value is -0.0500. The van der Waals surface area contributed by atoms with Gasteiger partial charge in [0.25, 0.3) is 0 Å². The molecule has 0 bridgehead atoms. The van der Waals surface area contributed by atoms with Crippen LogP contribution < -0.4 is 0 Å². The smallest absolute Gasteiger partial charge is 0.0462 e. The van der Waals surface area contributed by atoms with Crippen molar-refractivity contribution in [2.45, 2.75) is 44.7 Å². The van der Waals surface area contributed by atoms with Gasteiger partial charge in [0.05, 0.1) is 0 Å². The highest BCUT2D eigenvalue weighted by Crippen LogP contribution is 2.37. The van der Waals surface area contributed by atoms with Gasteiger partial charge in [-0.25, -0.2) is 0 Å². The highest BCUT2D eigenvalue weighted by molar-refractivity contribution is 9.10. The molecular formula is C15H19BrClN. The van der Waals surface area contributed by atoms with Gasteiger partial charge in [-0.05, 0) is 49.4 Å². The first-order valence-electron chi connectivity index (χ1n) is 6.92. The SMILES string of the molecule is Clc1cc(Br)ccc1CN1CCC2CCCCC21. The predicted molar refractivity (Wildman–Crippen MR) is 79.9 cm³/mol. The van der Waals surface area contributed by atoms with E-state index in [9.17, 15) is 0 Å². The molecule has 0 N–H and O–H groups in total. The van der Waals surface area contributed by atoms with Crippen molar-refractivity contribution in [2.75, 3.05) is 6.54 Å². The number of hydrogen-bond acceptors (Lipinski definition) is 1. The number of fused-ring (bicyclic) bond motifs is 1. The lowest BCUT2D eigenvalue weighted by molar-refractivity contribution is 0.176. The lowest BCUT2D eigenvalue weighted by Crippen LogP contribution is -2.34. The summed E-state index contributed by atoms with van der Waals surface area (Å²) in [7, 11) is 0. The van der Waals surface area contributed by atoms with Crippen LogP contribution in [0.15, 0.2) is 22.7 Å². The van der Waals surface area contributed by atoms with Gasteiger partial charge in [-0.2, -0.15) is 0 Å².